The van der Waals surface area contributed by atoms with Crippen molar-refractivity contribution in [1.82, 2.24) is 9.55 Å². The Hall–Kier alpha value is -0.480. The van der Waals surface area contributed by atoms with Gasteiger partial charge in [0.05, 0.1) is 12.0 Å². The fraction of sp³-hybridized carbons (Fsp3) is 0.667. The molecule has 3 nitrogen and oxygen atoms in total. The third kappa shape index (κ3) is 1.89. The van der Waals surface area contributed by atoms with E-state index in [4.69, 9.17) is 5.73 Å². The van der Waals surface area contributed by atoms with Gasteiger partial charge in [0.1, 0.15) is 0 Å². The standard InChI is InChI=1S/C9H15N3S/c10-5-9-6-11-7-12(9)8-1-3-13-4-2-8/h6-8H,1-5,10H2. The highest BCUT2D eigenvalue weighted by atomic mass is 32.2. The van der Waals surface area contributed by atoms with Crippen molar-refractivity contribution in [3.05, 3.63) is 18.2 Å². The van der Waals surface area contributed by atoms with E-state index in [-0.39, 0.29) is 0 Å². The predicted octanol–water partition coefficient (Wildman–Crippen LogP) is 1.41. The molecule has 13 heavy (non-hydrogen) atoms. The molecule has 0 saturated carbocycles. The molecular weight excluding hydrogens is 182 g/mol. The molecule has 1 aliphatic rings. The first kappa shape index (κ1) is 9.09. The fourth-order valence-electron chi connectivity index (χ4n) is 1.78. The molecule has 0 amide bonds. The van der Waals surface area contributed by atoms with Gasteiger partial charge in [0.2, 0.25) is 0 Å². The summed E-state index contributed by atoms with van der Waals surface area (Å²) in [4.78, 5) is 4.14. The zero-order valence-electron chi connectivity index (χ0n) is 7.65. The highest BCUT2D eigenvalue weighted by Gasteiger charge is 2.16. The van der Waals surface area contributed by atoms with Gasteiger partial charge in [-0.1, -0.05) is 0 Å². The number of nitrogens with two attached hydrogens (primary N) is 1. The van der Waals surface area contributed by atoms with E-state index in [0.717, 1.165) is 5.69 Å². The Morgan fingerprint density at radius 3 is 3.00 bits per heavy atom. The van der Waals surface area contributed by atoms with Crippen LogP contribution in [-0.4, -0.2) is 21.1 Å². The number of aromatic nitrogens is 2. The van der Waals surface area contributed by atoms with Gasteiger partial charge in [-0.3, -0.25) is 0 Å². The van der Waals surface area contributed by atoms with Gasteiger partial charge in [-0.25, -0.2) is 4.98 Å². The SMILES string of the molecule is NCc1cncn1C1CCSCC1. The van der Waals surface area contributed by atoms with Crippen LogP contribution in [-0.2, 0) is 6.54 Å². The van der Waals surface area contributed by atoms with Gasteiger partial charge >= 0.3 is 0 Å². The molecular formula is C9H15N3S. The minimum Gasteiger partial charge on any atom is -0.330 e. The van der Waals surface area contributed by atoms with E-state index in [9.17, 15) is 0 Å². The van der Waals surface area contributed by atoms with Crippen LogP contribution in [0.15, 0.2) is 12.5 Å². The van der Waals surface area contributed by atoms with E-state index in [2.05, 4.69) is 9.55 Å². The first-order valence-corrected chi connectivity index (χ1v) is 5.86. The highest BCUT2D eigenvalue weighted by Crippen LogP contribution is 2.27. The topological polar surface area (TPSA) is 43.8 Å². The molecule has 0 bridgehead atoms. The molecule has 4 heteroatoms. The van der Waals surface area contributed by atoms with Crippen molar-refractivity contribution in [2.75, 3.05) is 11.5 Å². The van der Waals surface area contributed by atoms with Gasteiger partial charge in [0.15, 0.2) is 0 Å². The lowest BCUT2D eigenvalue weighted by Gasteiger charge is -2.24. The van der Waals surface area contributed by atoms with E-state index in [1.54, 1.807) is 0 Å². The second-order valence-corrected chi connectivity index (χ2v) is 4.56. The molecule has 0 atom stereocenters. The first-order chi connectivity index (χ1) is 6.42. The Labute approximate surface area is 82.7 Å². The van der Waals surface area contributed by atoms with Crippen LogP contribution < -0.4 is 5.73 Å². The number of imidazole rings is 1. The summed E-state index contributed by atoms with van der Waals surface area (Å²) < 4.78 is 2.25. The van der Waals surface area contributed by atoms with Gasteiger partial charge < -0.3 is 10.3 Å². The van der Waals surface area contributed by atoms with Gasteiger partial charge in [0, 0.05) is 18.8 Å². The summed E-state index contributed by atoms with van der Waals surface area (Å²) in [5.74, 6) is 2.54. The largest absolute Gasteiger partial charge is 0.330 e. The summed E-state index contributed by atoms with van der Waals surface area (Å²) in [6.45, 7) is 0.601. The third-order valence-electron chi connectivity index (χ3n) is 2.54. The lowest BCUT2D eigenvalue weighted by atomic mass is 10.1. The molecule has 0 radical (unpaired) electrons. The molecule has 1 saturated heterocycles. The van der Waals surface area contributed by atoms with E-state index in [1.807, 2.05) is 24.3 Å². The minimum atomic E-state index is 0.601. The summed E-state index contributed by atoms with van der Waals surface area (Å²) in [7, 11) is 0. The monoisotopic (exact) mass is 197 g/mol. The van der Waals surface area contributed by atoms with Crippen LogP contribution >= 0.6 is 11.8 Å². The molecule has 1 aromatic rings. The fourth-order valence-corrected chi connectivity index (χ4v) is 2.86. The summed E-state index contributed by atoms with van der Waals surface area (Å²) in [6.07, 6.45) is 6.31. The van der Waals surface area contributed by atoms with Crippen LogP contribution in [0.2, 0.25) is 0 Å². The van der Waals surface area contributed by atoms with Crippen LogP contribution in [0.3, 0.4) is 0 Å². The van der Waals surface area contributed by atoms with Gasteiger partial charge in [-0.15, -0.1) is 0 Å². The van der Waals surface area contributed by atoms with E-state index < -0.39 is 0 Å². The molecule has 2 heterocycles. The van der Waals surface area contributed by atoms with Crippen LogP contribution in [0.4, 0.5) is 0 Å². The Balaban J connectivity index is 2.13. The van der Waals surface area contributed by atoms with Gasteiger partial charge in [-0.2, -0.15) is 11.8 Å². The molecule has 1 aromatic heterocycles. The number of hydrogen-bond donors (Lipinski definition) is 1. The Morgan fingerprint density at radius 2 is 2.31 bits per heavy atom. The average molecular weight is 197 g/mol. The van der Waals surface area contributed by atoms with E-state index >= 15 is 0 Å². The molecule has 2 rings (SSSR count). The smallest absolute Gasteiger partial charge is 0.0951 e. The molecule has 0 spiro atoms. The van der Waals surface area contributed by atoms with Crippen molar-refractivity contribution in [2.45, 2.75) is 25.4 Å². The molecule has 0 unspecified atom stereocenters. The van der Waals surface area contributed by atoms with Crippen molar-refractivity contribution in [3.63, 3.8) is 0 Å². The Kier molecular flexibility index (Phi) is 2.90. The molecule has 1 fully saturated rings. The predicted molar refractivity (Wildman–Crippen MR) is 55.7 cm³/mol. The van der Waals surface area contributed by atoms with Gasteiger partial charge in [0.25, 0.3) is 0 Å². The summed E-state index contributed by atoms with van der Waals surface area (Å²) >= 11 is 2.04. The molecule has 72 valence electrons. The molecule has 2 N–H and O–H groups in total. The van der Waals surface area contributed by atoms with Crippen molar-refractivity contribution >= 4 is 11.8 Å². The summed E-state index contributed by atoms with van der Waals surface area (Å²) in [5, 5.41) is 0. The van der Waals surface area contributed by atoms with Crippen molar-refractivity contribution in [2.24, 2.45) is 5.73 Å². The normalized spacial score (nSPS) is 19.2. The third-order valence-corrected chi connectivity index (χ3v) is 3.59. The maximum atomic E-state index is 5.64. The number of thioether (sulfide) groups is 1. The highest BCUT2D eigenvalue weighted by molar-refractivity contribution is 7.99. The van der Waals surface area contributed by atoms with Crippen LogP contribution in [0.5, 0.6) is 0 Å². The second-order valence-electron chi connectivity index (χ2n) is 3.34. The zero-order chi connectivity index (χ0) is 9.10. The van der Waals surface area contributed by atoms with Crippen LogP contribution in [0.25, 0.3) is 0 Å². The quantitative estimate of drug-likeness (QED) is 0.779. The number of nitrogens with zero attached hydrogens (tertiary/aromatic N) is 2. The van der Waals surface area contributed by atoms with Crippen molar-refractivity contribution < 1.29 is 0 Å². The molecule has 1 aliphatic heterocycles. The Bertz CT molecular complexity index is 266. The van der Waals surface area contributed by atoms with Crippen molar-refractivity contribution in [1.29, 1.82) is 0 Å². The minimum absolute atomic E-state index is 0.601. The zero-order valence-corrected chi connectivity index (χ0v) is 8.46. The number of rotatable bonds is 2. The van der Waals surface area contributed by atoms with E-state index in [0.29, 0.717) is 12.6 Å². The Morgan fingerprint density at radius 1 is 1.54 bits per heavy atom. The molecule has 0 aromatic carbocycles. The summed E-state index contributed by atoms with van der Waals surface area (Å²) in [5.41, 5.74) is 6.80. The van der Waals surface area contributed by atoms with E-state index in [1.165, 1.54) is 24.3 Å². The first-order valence-electron chi connectivity index (χ1n) is 4.70. The van der Waals surface area contributed by atoms with Crippen LogP contribution in [0.1, 0.15) is 24.6 Å². The lowest BCUT2D eigenvalue weighted by Crippen LogP contribution is -2.17. The number of hydrogen-bond acceptors (Lipinski definition) is 3. The second kappa shape index (κ2) is 4.15. The lowest BCUT2D eigenvalue weighted by molar-refractivity contribution is 0.456. The van der Waals surface area contributed by atoms with Crippen LogP contribution in [0, 0.1) is 0 Å². The molecule has 0 aliphatic carbocycles. The van der Waals surface area contributed by atoms with Gasteiger partial charge in [-0.05, 0) is 24.3 Å². The average Bonchev–Trinajstić information content (AvgIpc) is 2.67. The maximum absolute atomic E-state index is 5.64. The summed E-state index contributed by atoms with van der Waals surface area (Å²) in [6, 6.07) is 0.641. The maximum Gasteiger partial charge on any atom is 0.0951 e. The van der Waals surface area contributed by atoms with Crippen molar-refractivity contribution in [3.8, 4) is 0 Å².